The maximum absolute atomic E-state index is 12.3. The van der Waals surface area contributed by atoms with Crippen molar-refractivity contribution >= 4 is 39.7 Å². The molecule has 0 atom stereocenters. The van der Waals surface area contributed by atoms with Gasteiger partial charge in [0.1, 0.15) is 5.75 Å². The van der Waals surface area contributed by atoms with Gasteiger partial charge in [-0.1, -0.05) is 41.3 Å². The van der Waals surface area contributed by atoms with Crippen molar-refractivity contribution < 1.29 is 13.9 Å². The number of methoxy groups -OCH3 is 1. The Hall–Kier alpha value is -3.24. The van der Waals surface area contributed by atoms with E-state index < -0.39 is 0 Å². The first kappa shape index (κ1) is 19.1. The largest absolute Gasteiger partial charge is 0.497 e. The Morgan fingerprint density at radius 3 is 2.62 bits per heavy atom. The minimum atomic E-state index is -0.260. The first-order valence-corrected chi connectivity index (χ1v) is 10.3. The number of rotatable bonds is 8. The molecule has 10 heteroatoms. The molecule has 0 bridgehead atoms. The monoisotopic (exact) mass is 425 g/mol. The van der Waals surface area contributed by atoms with E-state index in [0.29, 0.717) is 15.4 Å². The van der Waals surface area contributed by atoms with Gasteiger partial charge in [-0.15, -0.1) is 20.4 Å². The predicted molar refractivity (Wildman–Crippen MR) is 111 cm³/mol. The summed E-state index contributed by atoms with van der Waals surface area (Å²) in [5, 5.41) is 19.8. The van der Waals surface area contributed by atoms with Crippen LogP contribution in [0.2, 0.25) is 0 Å². The number of carbonyl (C=O) groups excluding carboxylic acids is 1. The van der Waals surface area contributed by atoms with Crippen molar-refractivity contribution in [1.29, 1.82) is 0 Å². The summed E-state index contributed by atoms with van der Waals surface area (Å²) in [5.74, 6) is 0.954. The quantitative estimate of drug-likeness (QED) is 0.326. The number of ether oxygens (including phenoxy) is 1. The van der Waals surface area contributed by atoms with E-state index in [1.165, 1.54) is 23.1 Å². The lowest BCUT2D eigenvalue weighted by molar-refractivity contribution is 0.0986. The Morgan fingerprint density at radius 2 is 1.86 bits per heavy atom. The van der Waals surface area contributed by atoms with Crippen LogP contribution in [-0.4, -0.2) is 39.0 Å². The molecule has 4 rings (SSSR count). The Labute approximate surface area is 174 Å². The fraction of sp³-hybridized carbons (Fsp3) is 0.105. The fourth-order valence-electron chi connectivity index (χ4n) is 2.34. The molecule has 0 fully saturated rings. The van der Waals surface area contributed by atoms with Crippen LogP contribution >= 0.6 is 23.1 Å². The van der Waals surface area contributed by atoms with Gasteiger partial charge < -0.3 is 14.5 Å². The third-order valence-electron chi connectivity index (χ3n) is 3.76. The SMILES string of the molecule is COc1ccc(Nc2nnc(SCC(=O)c3nnc(-c4ccccc4)o3)s2)cc1. The van der Waals surface area contributed by atoms with Gasteiger partial charge in [-0.25, -0.2) is 0 Å². The molecular formula is C19H15N5O3S2. The van der Waals surface area contributed by atoms with Crippen molar-refractivity contribution in [2.45, 2.75) is 4.34 Å². The number of benzene rings is 2. The topological polar surface area (TPSA) is 103 Å². The number of carbonyl (C=O) groups is 1. The average molecular weight is 425 g/mol. The molecule has 29 heavy (non-hydrogen) atoms. The zero-order chi connectivity index (χ0) is 20.1. The highest BCUT2D eigenvalue weighted by atomic mass is 32.2. The number of nitrogens with zero attached hydrogens (tertiary/aromatic N) is 4. The lowest BCUT2D eigenvalue weighted by atomic mass is 10.2. The van der Waals surface area contributed by atoms with E-state index in [0.717, 1.165) is 17.0 Å². The molecule has 2 heterocycles. The third-order valence-corrected chi connectivity index (χ3v) is 5.73. The van der Waals surface area contributed by atoms with Crippen molar-refractivity contribution in [2.24, 2.45) is 0 Å². The van der Waals surface area contributed by atoms with Gasteiger partial charge in [0, 0.05) is 11.3 Å². The van der Waals surface area contributed by atoms with Crippen LogP contribution in [0.5, 0.6) is 5.75 Å². The van der Waals surface area contributed by atoms with E-state index in [-0.39, 0.29) is 17.4 Å². The van der Waals surface area contributed by atoms with Crippen molar-refractivity contribution in [3.8, 4) is 17.2 Å². The number of hydrogen-bond acceptors (Lipinski definition) is 10. The number of Topliss-reactive ketones (excluding diaryl/α,β-unsaturated/α-hetero) is 1. The van der Waals surface area contributed by atoms with E-state index in [1.54, 1.807) is 7.11 Å². The Morgan fingerprint density at radius 1 is 1.07 bits per heavy atom. The maximum Gasteiger partial charge on any atom is 0.285 e. The van der Waals surface area contributed by atoms with Crippen LogP contribution < -0.4 is 10.1 Å². The fourth-order valence-corrected chi connectivity index (χ4v) is 3.96. The molecule has 0 aliphatic carbocycles. The summed E-state index contributed by atoms with van der Waals surface area (Å²) in [6.07, 6.45) is 0. The summed E-state index contributed by atoms with van der Waals surface area (Å²) in [7, 11) is 1.62. The van der Waals surface area contributed by atoms with Gasteiger partial charge in [0.15, 0.2) is 4.34 Å². The van der Waals surface area contributed by atoms with Crippen LogP contribution in [-0.2, 0) is 0 Å². The highest BCUT2D eigenvalue weighted by molar-refractivity contribution is 8.01. The summed E-state index contributed by atoms with van der Waals surface area (Å²) in [5.41, 5.74) is 1.64. The van der Waals surface area contributed by atoms with Gasteiger partial charge in [0.2, 0.25) is 16.8 Å². The van der Waals surface area contributed by atoms with Crippen LogP contribution in [0.3, 0.4) is 0 Å². The lowest BCUT2D eigenvalue weighted by Gasteiger charge is -2.03. The van der Waals surface area contributed by atoms with E-state index in [1.807, 2.05) is 54.6 Å². The number of nitrogens with one attached hydrogen (secondary N) is 1. The maximum atomic E-state index is 12.3. The number of anilines is 2. The number of hydrogen-bond donors (Lipinski definition) is 1. The Balaban J connectivity index is 1.33. The first-order chi connectivity index (χ1) is 14.2. The van der Waals surface area contributed by atoms with Crippen LogP contribution in [0, 0.1) is 0 Å². The Bertz CT molecular complexity index is 1100. The summed E-state index contributed by atoms with van der Waals surface area (Å²) in [6.45, 7) is 0. The molecule has 2 aromatic carbocycles. The van der Waals surface area contributed by atoms with Gasteiger partial charge in [0.25, 0.3) is 5.89 Å². The van der Waals surface area contributed by atoms with Crippen molar-refractivity contribution in [3.63, 3.8) is 0 Å². The normalized spacial score (nSPS) is 10.7. The standard InChI is InChI=1S/C19H15N5O3S2/c1-26-14-9-7-13(8-10-14)20-18-23-24-19(29-18)28-11-15(25)17-22-21-16(27-17)12-5-3-2-4-6-12/h2-10H,11H2,1H3,(H,20,23). The van der Waals surface area contributed by atoms with Crippen LogP contribution in [0.4, 0.5) is 10.8 Å². The van der Waals surface area contributed by atoms with Crippen molar-refractivity contribution in [2.75, 3.05) is 18.2 Å². The molecule has 1 N–H and O–H groups in total. The molecule has 0 amide bonds. The van der Waals surface area contributed by atoms with E-state index in [2.05, 4.69) is 25.7 Å². The van der Waals surface area contributed by atoms with Gasteiger partial charge in [-0.2, -0.15) is 0 Å². The predicted octanol–water partition coefficient (Wildman–Crippen LogP) is 4.32. The molecule has 0 radical (unpaired) electrons. The minimum absolute atomic E-state index is 0.0163. The van der Waals surface area contributed by atoms with E-state index in [4.69, 9.17) is 9.15 Å². The molecule has 2 aromatic heterocycles. The number of aromatic nitrogens is 4. The van der Waals surface area contributed by atoms with Crippen LogP contribution in [0.25, 0.3) is 11.5 Å². The molecule has 0 saturated heterocycles. The molecule has 0 spiro atoms. The van der Waals surface area contributed by atoms with Gasteiger partial charge in [0.05, 0.1) is 12.9 Å². The Kier molecular flexibility index (Phi) is 5.82. The smallest absolute Gasteiger partial charge is 0.285 e. The lowest BCUT2D eigenvalue weighted by Crippen LogP contribution is -2.02. The second-order valence-electron chi connectivity index (χ2n) is 5.72. The average Bonchev–Trinajstić information content (AvgIpc) is 3.43. The zero-order valence-electron chi connectivity index (χ0n) is 15.2. The highest BCUT2D eigenvalue weighted by Crippen LogP contribution is 2.29. The summed E-state index contributed by atoms with van der Waals surface area (Å²) in [6, 6.07) is 16.8. The second-order valence-corrected chi connectivity index (χ2v) is 7.92. The molecule has 0 aliphatic rings. The zero-order valence-corrected chi connectivity index (χ0v) is 16.9. The molecule has 0 unspecified atom stereocenters. The number of thioether (sulfide) groups is 1. The van der Waals surface area contributed by atoms with E-state index in [9.17, 15) is 4.79 Å². The minimum Gasteiger partial charge on any atom is -0.497 e. The van der Waals surface area contributed by atoms with Gasteiger partial charge >= 0.3 is 0 Å². The molecular weight excluding hydrogens is 410 g/mol. The van der Waals surface area contributed by atoms with Crippen LogP contribution in [0.15, 0.2) is 63.4 Å². The molecule has 0 saturated carbocycles. The summed E-state index contributed by atoms with van der Waals surface area (Å²) < 4.78 is 11.3. The van der Waals surface area contributed by atoms with Crippen LogP contribution in [0.1, 0.15) is 10.7 Å². The second kappa shape index (κ2) is 8.84. The molecule has 146 valence electrons. The van der Waals surface area contributed by atoms with Crippen molar-refractivity contribution in [1.82, 2.24) is 20.4 Å². The third kappa shape index (κ3) is 4.79. The van der Waals surface area contributed by atoms with Gasteiger partial charge in [-0.05, 0) is 36.4 Å². The summed E-state index contributed by atoms with van der Waals surface area (Å²) >= 11 is 2.63. The number of ketones is 1. The molecule has 8 nitrogen and oxygen atoms in total. The van der Waals surface area contributed by atoms with Gasteiger partial charge in [-0.3, -0.25) is 4.79 Å². The molecule has 0 aliphatic heterocycles. The molecule has 4 aromatic rings. The van der Waals surface area contributed by atoms with E-state index >= 15 is 0 Å². The summed E-state index contributed by atoms with van der Waals surface area (Å²) in [4.78, 5) is 12.3. The highest BCUT2D eigenvalue weighted by Gasteiger charge is 2.17. The van der Waals surface area contributed by atoms with Crippen molar-refractivity contribution in [3.05, 3.63) is 60.5 Å². The first-order valence-electron chi connectivity index (χ1n) is 8.51.